The number of likely N-dealkylation sites (tertiary alicyclic amines) is 1. The van der Waals surface area contributed by atoms with Crippen molar-refractivity contribution >= 4 is 41.1 Å². The Morgan fingerprint density at radius 2 is 1.75 bits per heavy atom. The van der Waals surface area contributed by atoms with E-state index in [0.717, 1.165) is 38.5 Å². The number of rotatable bonds is 7. The van der Waals surface area contributed by atoms with E-state index >= 15 is 0 Å². The van der Waals surface area contributed by atoms with Crippen LogP contribution in [-0.4, -0.2) is 61.1 Å². The zero-order chi connectivity index (χ0) is 31.3. The predicted molar refractivity (Wildman–Crippen MR) is 168 cm³/mol. The molecule has 2 unspecified atom stereocenters. The molecule has 1 aliphatic heterocycles. The van der Waals surface area contributed by atoms with Gasteiger partial charge in [-0.05, 0) is 104 Å². The molecule has 11 heteroatoms. The van der Waals surface area contributed by atoms with Gasteiger partial charge in [0.25, 0.3) is 0 Å². The van der Waals surface area contributed by atoms with E-state index in [1.807, 2.05) is 20.8 Å². The van der Waals surface area contributed by atoms with E-state index in [9.17, 15) is 14.4 Å². The van der Waals surface area contributed by atoms with E-state index in [-0.39, 0.29) is 17.7 Å². The number of nitrogens with zero attached hydrogens (tertiary/aromatic N) is 5. The smallest absolute Gasteiger partial charge is 0.338 e. The molecule has 1 saturated carbocycles. The van der Waals surface area contributed by atoms with Gasteiger partial charge in [-0.25, -0.2) is 4.79 Å². The molecule has 232 valence electrons. The van der Waals surface area contributed by atoms with Gasteiger partial charge < -0.3 is 15.0 Å². The van der Waals surface area contributed by atoms with Crippen LogP contribution in [0.25, 0.3) is 11.8 Å². The topological polar surface area (TPSA) is 119 Å². The SMILES string of the molecule is CC(C)(C)OC(=O)c1ccc(NC(=O)C2C(C3CCCCC3)CCCN2C(=O)/C=C/c2cc(Cl)ccc2-n2cnnn2)cc1. The van der Waals surface area contributed by atoms with Crippen molar-refractivity contribution in [1.29, 1.82) is 0 Å². The summed E-state index contributed by atoms with van der Waals surface area (Å²) in [5.74, 6) is -0.442. The van der Waals surface area contributed by atoms with E-state index < -0.39 is 17.6 Å². The lowest BCUT2D eigenvalue weighted by molar-refractivity contribution is -0.140. The predicted octanol–water partition coefficient (Wildman–Crippen LogP) is 6.11. The average Bonchev–Trinajstić information content (AvgIpc) is 3.54. The molecule has 1 saturated heterocycles. The van der Waals surface area contributed by atoms with Crippen LogP contribution in [0.1, 0.15) is 81.6 Å². The van der Waals surface area contributed by atoms with Crippen molar-refractivity contribution < 1.29 is 19.1 Å². The number of halogens is 1. The number of amides is 2. The van der Waals surface area contributed by atoms with Gasteiger partial charge in [0.15, 0.2) is 0 Å². The highest BCUT2D eigenvalue weighted by atomic mass is 35.5. The molecule has 10 nitrogen and oxygen atoms in total. The van der Waals surface area contributed by atoms with Gasteiger partial charge in [0.05, 0.1) is 11.3 Å². The van der Waals surface area contributed by atoms with Crippen LogP contribution >= 0.6 is 11.6 Å². The van der Waals surface area contributed by atoms with Crippen molar-refractivity contribution in [3.63, 3.8) is 0 Å². The quantitative estimate of drug-likeness (QED) is 0.251. The molecule has 1 aromatic heterocycles. The zero-order valence-electron chi connectivity index (χ0n) is 25.4. The summed E-state index contributed by atoms with van der Waals surface area (Å²) < 4.78 is 6.96. The average molecular weight is 619 g/mol. The van der Waals surface area contributed by atoms with E-state index in [1.165, 1.54) is 23.5 Å². The van der Waals surface area contributed by atoms with Crippen LogP contribution in [-0.2, 0) is 14.3 Å². The first-order chi connectivity index (χ1) is 21.1. The lowest BCUT2D eigenvalue weighted by Gasteiger charge is -2.44. The molecule has 2 atom stereocenters. The van der Waals surface area contributed by atoms with Crippen molar-refractivity contribution in [2.24, 2.45) is 11.8 Å². The highest BCUT2D eigenvalue weighted by Gasteiger charge is 2.42. The summed E-state index contributed by atoms with van der Waals surface area (Å²) in [7, 11) is 0. The number of hydrogen-bond donors (Lipinski definition) is 1. The number of carbonyl (C=O) groups excluding carboxylic acids is 3. The van der Waals surface area contributed by atoms with Gasteiger partial charge in [0.1, 0.15) is 18.0 Å². The number of nitrogens with one attached hydrogen (secondary N) is 1. The lowest BCUT2D eigenvalue weighted by Crippen LogP contribution is -2.55. The van der Waals surface area contributed by atoms with Crippen molar-refractivity contribution in [3.8, 4) is 5.69 Å². The molecule has 1 N–H and O–H groups in total. The van der Waals surface area contributed by atoms with Crippen molar-refractivity contribution in [3.05, 3.63) is 71.0 Å². The van der Waals surface area contributed by atoms with Gasteiger partial charge in [-0.3, -0.25) is 9.59 Å². The monoisotopic (exact) mass is 618 g/mol. The molecule has 2 aliphatic rings. The summed E-state index contributed by atoms with van der Waals surface area (Å²) in [6.07, 6.45) is 12.0. The molecule has 2 amide bonds. The molecular formula is C33H39ClN6O4. The second-order valence-corrected chi connectivity index (χ2v) is 13.0. The second-order valence-electron chi connectivity index (χ2n) is 12.5. The maximum atomic E-state index is 14.0. The Morgan fingerprint density at radius 3 is 2.43 bits per heavy atom. The normalized spacial score (nSPS) is 19.6. The standard InChI is InChI=1S/C33H39ClN6O4/c1-33(2,3)44-32(43)23-11-15-26(16-12-23)36-31(42)30-27(22-8-5-4-6-9-22)10-7-19-39(30)29(41)18-13-24-20-25(34)14-17-28(24)40-21-35-37-38-40/h11-18,20-22,27,30H,4-10,19H2,1-3H3,(H,36,42)/b18-13+. The first-order valence-electron chi connectivity index (χ1n) is 15.2. The Balaban J connectivity index is 1.38. The minimum absolute atomic E-state index is 0.0605. The summed E-state index contributed by atoms with van der Waals surface area (Å²) in [5, 5.41) is 14.9. The van der Waals surface area contributed by atoms with Gasteiger partial charge in [0.2, 0.25) is 11.8 Å². The van der Waals surface area contributed by atoms with Gasteiger partial charge in [-0.15, -0.1) is 5.10 Å². The molecule has 0 bridgehead atoms. The van der Waals surface area contributed by atoms with E-state index in [1.54, 1.807) is 53.4 Å². The first kappa shape index (κ1) is 31.4. The Labute approximate surface area is 262 Å². The van der Waals surface area contributed by atoms with Crippen LogP contribution in [0, 0.1) is 11.8 Å². The fourth-order valence-corrected chi connectivity index (χ4v) is 6.48. The third-order valence-corrected chi connectivity index (χ3v) is 8.50. The summed E-state index contributed by atoms with van der Waals surface area (Å²) in [5.41, 5.74) is 1.70. The van der Waals surface area contributed by atoms with Crippen LogP contribution in [0.15, 0.2) is 54.9 Å². The molecule has 2 heterocycles. The van der Waals surface area contributed by atoms with Gasteiger partial charge in [-0.2, -0.15) is 4.68 Å². The fraction of sp³-hybridized carbons (Fsp3) is 0.455. The van der Waals surface area contributed by atoms with Gasteiger partial charge in [-0.1, -0.05) is 43.7 Å². The van der Waals surface area contributed by atoms with E-state index in [2.05, 4.69) is 20.8 Å². The number of carbonyl (C=O) groups is 3. The van der Waals surface area contributed by atoms with Crippen LogP contribution in [0.4, 0.5) is 5.69 Å². The molecule has 2 aromatic carbocycles. The number of piperidine rings is 1. The number of tetrazole rings is 1. The third-order valence-electron chi connectivity index (χ3n) is 8.26. The van der Waals surface area contributed by atoms with Crippen molar-refractivity contribution in [2.45, 2.75) is 77.4 Å². The summed E-state index contributed by atoms with van der Waals surface area (Å²) >= 11 is 6.28. The Bertz CT molecular complexity index is 1490. The van der Waals surface area contributed by atoms with Gasteiger partial charge in [0, 0.05) is 28.9 Å². The molecule has 0 spiro atoms. The van der Waals surface area contributed by atoms with Crippen molar-refractivity contribution in [1.82, 2.24) is 25.1 Å². The molecule has 3 aromatic rings. The van der Waals surface area contributed by atoms with Crippen LogP contribution in [0.2, 0.25) is 5.02 Å². The van der Waals surface area contributed by atoms with Gasteiger partial charge >= 0.3 is 5.97 Å². The maximum absolute atomic E-state index is 14.0. The molecule has 44 heavy (non-hydrogen) atoms. The number of benzene rings is 2. The largest absolute Gasteiger partial charge is 0.456 e. The number of anilines is 1. The number of hydrogen-bond acceptors (Lipinski definition) is 7. The Hall–Kier alpha value is -4.05. The highest BCUT2D eigenvalue weighted by Crippen LogP contribution is 2.39. The summed E-state index contributed by atoms with van der Waals surface area (Å²) in [6.45, 7) is 5.93. The van der Waals surface area contributed by atoms with Crippen molar-refractivity contribution in [2.75, 3.05) is 11.9 Å². The number of esters is 1. The van der Waals surface area contributed by atoms with E-state index in [0.29, 0.717) is 40.0 Å². The Morgan fingerprint density at radius 1 is 1.00 bits per heavy atom. The Kier molecular flexibility index (Phi) is 9.78. The van der Waals surface area contributed by atoms with E-state index in [4.69, 9.17) is 16.3 Å². The molecule has 1 aliphatic carbocycles. The number of aromatic nitrogens is 4. The van der Waals surface area contributed by atoms with Crippen LogP contribution < -0.4 is 5.32 Å². The number of ether oxygens (including phenoxy) is 1. The molecule has 5 rings (SSSR count). The minimum Gasteiger partial charge on any atom is -0.456 e. The molecule has 0 radical (unpaired) electrons. The fourth-order valence-electron chi connectivity index (χ4n) is 6.30. The summed E-state index contributed by atoms with van der Waals surface area (Å²) in [4.78, 5) is 42.0. The minimum atomic E-state index is -0.618. The lowest BCUT2D eigenvalue weighted by atomic mass is 9.72. The molecular weight excluding hydrogens is 580 g/mol. The first-order valence-corrected chi connectivity index (χ1v) is 15.6. The third kappa shape index (κ3) is 7.72. The van der Waals surface area contributed by atoms with Crippen LogP contribution in [0.3, 0.4) is 0 Å². The maximum Gasteiger partial charge on any atom is 0.338 e. The second kappa shape index (κ2) is 13.7. The highest BCUT2D eigenvalue weighted by molar-refractivity contribution is 6.30. The summed E-state index contributed by atoms with van der Waals surface area (Å²) in [6, 6.07) is 11.3. The zero-order valence-corrected chi connectivity index (χ0v) is 26.2. The van der Waals surface area contributed by atoms with Crippen LogP contribution in [0.5, 0.6) is 0 Å². The molecule has 2 fully saturated rings.